The van der Waals surface area contributed by atoms with E-state index in [0.717, 1.165) is 20.5 Å². The minimum atomic E-state index is -5.36. The fourth-order valence-electron chi connectivity index (χ4n) is 12.9. The number of methoxy groups -OCH3 is 2. The largest absolute Gasteiger partial charge is 0.497 e. The molecule has 11 rings (SSSR count). The van der Waals surface area contributed by atoms with Gasteiger partial charge < -0.3 is 32.8 Å². The van der Waals surface area contributed by atoms with Gasteiger partial charge in [-0.15, -0.1) is 0 Å². The molecular weight excluding hydrogens is 1290 g/mol. The molecule has 5 heterocycles. The van der Waals surface area contributed by atoms with Crippen molar-refractivity contribution in [3.8, 4) is 17.6 Å². The number of benzene rings is 6. The van der Waals surface area contributed by atoms with Crippen LogP contribution >= 0.6 is 7.82 Å². The third-order valence-electron chi connectivity index (χ3n) is 17.7. The molecule has 26 heteroatoms. The Labute approximate surface area is 556 Å². The fourth-order valence-corrected chi connectivity index (χ4v) is 20.1. The van der Waals surface area contributed by atoms with Gasteiger partial charge in [0.25, 0.3) is 29.6 Å². The number of aryl methyl sites for hydroxylation is 3. The highest BCUT2D eigenvalue weighted by atomic mass is 32.2. The van der Waals surface area contributed by atoms with E-state index in [0.29, 0.717) is 28.2 Å². The molecule has 23 nitrogen and oxygen atoms in total. The first kappa shape index (κ1) is 69.2. The molecule has 96 heavy (non-hydrogen) atoms. The Bertz CT molecular complexity index is 4400. The van der Waals surface area contributed by atoms with Crippen LogP contribution in [-0.4, -0.2) is 113 Å². The Morgan fingerprint density at radius 3 is 1.79 bits per heavy atom. The van der Waals surface area contributed by atoms with Gasteiger partial charge in [-0.05, 0) is 89.3 Å². The van der Waals surface area contributed by atoms with E-state index in [1.807, 2.05) is 121 Å². The Morgan fingerprint density at radius 2 is 1.25 bits per heavy atom. The van der Waals surface area contributed by atoms with Crippen LogP contribution in [0.5, 0.6) is 11.5 Å². The highest BCUT2D eigenvalue weighted by Crippen LogP contribution is 2.60. The number of nitriles is 1. The zero-order valence-corrected chi connectivity index (χ0v) is 57.0. The summed E-state index contributed by atoms with van der Waals surface area (Å²) in [5.74, 6) is 1.12. The molecule has 6 aromatic carbocycles. The molecule has 3 saturated heterocycles. The molecular formula is C70H76N5O18PSSi. The number of fused-ring (bicyclic) bond motifs is 2. The predicted octanol–water partition coefficient (Wildman–Crippen LogP) is 8.54. The number of phosphoric ester groups is 1. The summed E-state index contributed by atoms with van der Waals surface area (Å²) in [4.78, 5) is 58.6. The van der Waals surface area contributed by atoms with Crippen molar-refractivity contribution in [2.24, 2.45) is 0 Å². The van der Waals surface area contributed by atoms with E-state index < -0.39 is 134 Å². The minimum Gasteiger partial charge on any atom is -0.497 e. The number of ether oxygens (including phenoxy) is 6. The molecule has 2 N–H and O–H groups in total. The zero-order valence-electron chi connectivity index (χ0n) is 54.3. The van der Waals surface area contributed by atoms with E-state index in [1.54, 1.807) is 57.5 Å². The maximum absolute atomic E-state index is 16.8. The second-order valence-electron chi connectivity index (χ2n) is 24.9. The average molecular weight is 1370 g/mol. The van der Waals surface area contributed by atoms with Crippen LogP contribution in [-0.2, 0) is 61.4 Å². The van der Waals surface area contributed by atoms with Crippen LogP contribution in [0.25, 0.3) is 0 Å². The lowest BCUT2D eigenvalue weighted by Gasteiger charge is -2.45. The normalized spacial score (nSPS) is 21.3. The highest BCUT2D eigenvalue weighted by Gasteiger charge is 2.67. The van der Waals surface area contributed by atoms with Crippen LogP contribution in [0.1, 0.15) is 85.9 Å². The number of hydrogen-bond donors (Lipinski definition) is 2. The second kappa shape index (κ2) is 28.5. The monoisotopic (exact) mass is 1370 g/mol. The summed E-state index contributed by atoms with van der Waals surface area (Å²) in [7, 11) is -10.4. The van der Waals surface area contributed by atoms with E-state index in [-0.39, 0.29) is 35.5 Å². The van der Waals surface area contributed by atoms with Gasteiger partial charge in [0.15, 0.2) is 6.23 Å². The van der Waals surface area contributed by atoms with Gasteiger partial charge in [-0.2, -0.15) is 13.7 Å². The summed E-state index contributed by atoms with van der Waals surface area (Å²) >= 11 is 0. The lowest BCUT2D eigenvalue weighted by Crippen LogP contribution is -2.68. The number of hydrogen-bond acceptors (Lipinski definition) is 19. The van der Waals surface area contributed by atoms with Gasteiger partial charge in [0.1, 0.15) is 53.3 Å². The first-order chi connectivity index (χ1) is 46.0. The second-order valence-corrected chi connectivity index (χ2v) is 32.4. The van der Waals surface area contributed by atoms with Crippen LogP contribution in [0.4, 0.5) is 0 Å². The minimum absolute atomic E-state index is 0.100. The van der Waals surface area contributed by atoms with Crippen molar-refractivity contribution < 1.29 is 63.6 Å². The smallest absolute Gasteiger partial charge is 0.475 e. The third-order valence-corrected chi connectivity index (χ3v) is 25.6. The summed E-state index contributed by atoms with van der Waals surface area (Å²) < 4.78 is 121. The molecule has 3 aliphatic heterocycles. The molecule has 8 aromatic rings. The van der Waals surface area contributed by atoms with Crippen LogP contribution in [0.15, 0.2) is 200 Å². The van der Waals surface area contributed by atoms with Crippen molar-refractivity contribution >= 4 is 36.6 Å². The van der Waals surface area contributed by atoms with E-state index in [9.17, 15) is 32.9 Å². The molecule has 2 bridgehead atoms. The maximum Gasteiger partial charge on any atom is 0.475 e. The van der Waals surface area contributed by atoms with Crippen LogP contribution < -0.4 is 42.3 Å². The molecule has 0 amide bonds. The Hall–Kier alpha value is -8.19. The van der Waals surface area contributed by atoms with Crippen molar-refractivity contribution in [3.63, 3.8) is 0 Å². The van der Waals surface area contributed by atoms with Crippen LogP contribution in [0, 0.1) is 32.1 Å². The van der Waals surface area contributed by atoms with Crippen LogP contribution in [0.2, 0.25) is 5.04 Å². The van der Waals surface area contributed by atoms with E-state index in [1.165, 1.54) is 42.9 Å². The van der Waals surface area contributed by atoms with Gasteiger partial charge in [0, 0.05) is 36.4 Å². The summed E-state index contributed by atoms with van der Waals surface area (Å²) in [6.45, 7) is 9.04. The van der Waals surface area contributed by atoms with E-state index in [4.69, 9.17) is 50.6 Å². The summed E-state index contributed by atoms with van der Waals surface area (Å²) in [5.41, 5.74) is -3.35. The van der Waals surface area contributed by atoms with Crippen molar-refractivity contribution in [2.45, 2.75) is 125 Å². The molecule has 1 unspecified atom stereocenters. The van der Waals surface area contributed by atoms with Gasteiger partial charge in [0.2, 0.25) is 0 Å². The molecule has 504 valence electrons. The lowest BCUT2D eigenvalue weighted by molar-refractivity contribution is -0.204. The van der Waals surface area contributed by atoms with Gasteiger partial charge in [0.05, 0.1) is 64.1 Å². The zero-order chi connectivity index (χ0) is 68.2. The standard InChI is InChI=1S/C70H76N5O18PSSi/c1-46-25-35-54(36-26-46)95(81,82)88-40-37-57(60-58(41-59(89-60)74-42-47(2)63(76)72-66(74)78)93-96(68(4,5)6,55-21-14-10-15-22-55)56-23-16-11-17-24-56)91-94(80,87-39-18-38-71)92-62-61-65(75-43-48(3)64(77)73-67(75)79)90-69(62,44-85-61)45-86-70(49-19-12-9-13-20-49,50-27-31-52(83-7)32-28-50)51-29-33-53(84-8)34-30-51/h9-17,19-36,42-43,57-62,65H,18,37,39-41,44-45H2,1-8H3,(H,72,76,78)(H,73,77,79)/t57-,58+,59-,60-,61-,62+,65-,69-,94?/m1/s1. The van der Waals surface area contributed by atoms with Crippen molar-refractivity contribution in [2.75, 3.05) is 40.6 Å². The topological polar surface area (TPSA) is 286 Å². The van der Waals surface area contributed by atoms with Crippen molar-refractivity contribution in [1.29, 1.82) is 5.26 Å². The summed E-state index contributed by atoms with van der Waals surface area (Å²) in [6, 6.07) is 51.4. The fraction of sp³-hybridized carbons (Fsp3) is 0.357. The molecule has 3 aliphatic rings. The number of nitrogens with zero attached hydrogens (tertiary/aromatic N) is 3. The van der Waals surface area contributed by atoms with E-state index >= 15 is 4.57 Å². The number of nitrogens with one attached hydrogen (secondary N) is 2. The molecule has 0 aliphatic carbocycles. The molecule has 9 atom stereocenters. The summed E-state index contributed by atoms with van der Waals surface area (Å²) in [5, 5.41) is 11.1. The number of phosphoric acid groups is 1. The number of aromatic nitrogens is 4. The molecule has 0 radical (unpaired) electrons. The number of rotatable bonds is 27. The number of H-pyrrole nitrogens is 2. The SMILES string of the molecule is COc1ccc(C(OC[C@@]23CO[C@@H]([C@H](n4cc(C)c(=O)[nH]c4=O)O2)[C@@H]3OP(=O)(OCCC#N)O[C@H](CCOS(=O)(=O)c2ccc(C)cc2)[C@H]2O[C@@H](n3cc(C)c(=O)[nH]c3=O)C[C@@H]2O[Si](c2ccccc2)(c2ccccc2)C(C)(C)C)(c2ccccc2)c2ccc(OC)cc2)cc1. The first-order valence-electron chi connectivity index (χ1n) is 31.3. The highest BCUT2D eigenvalue weighted by molar-refractivity contribution is 7.86. The maximum atomic E-state index is 16.8. The van der Waals surface area contributed by atoms with Gasteiger partial charge in [-0.25, -0.2) is 14.2 Å². The first-order valence-corrected chi connectivity index (χ1v) is 36.1. The Balaban J connectivity index is 1.07. The van der Waals surface area contributed by atoms with Gasteiger partial charge in [-0.1, -0.05) is 154 Å². The predicted molar refractivity (Wildman–Crippen MR) is 356 cm³/mol. The molecule has 0 saturated carbocycles. The van der Waals surface area contributed by atoms with Crippen LogP contribution in [0.3, 0.4) is 0 Å². The lowest BCUT2D eigenvalue weighted by atomic mass is 9.79. The van der Waals surface area contributed by atoms with Crippen molar-refractivity contribution in [3.05, 3.63) is 251 Å². The Kier molecular flexibility index (Phi) is 20.5. The Morgan fingerprint density at radius 1 is 0.719 bits per heavy atom. The third kappa shape index (κ3) is 13.9. The molecule has 2 aromatic heterocycles. The average Bonchev–Trinajstić information content (AvgIpc) is 1.51. The molecule has 3 fully saturated rings. The quantitative estimate of drug-likeness (QED) is 0.0160. The molecule has 0 spiro atoms. The van der Waals surface area contributed by atoms with E-state index in [2.05, 4.69) is 30.7 Å². The summed E-state index contributed by atoms with van der Waals surface area (Å²) in [6.07, 6.45) is -8.03. The number of aromatic amines is 2. The van der Waals surface area contributed by atoms with Crippen molar-refractivity contribution in [1.82, 2.24) is 19.1 Å². The van der Waals surface area contributed by atoms with Gasteiger partial charge in [-0.3, -0.25) is 46.4 Å². The van der Waals surface area contributed by atoms with Gasteiger partial charge >= 0.3 is 19.2 Å².